The Bertz CT molecular complexity index is 630. The van der Waals surface area contributed by atoms with Crippen molar-refractivity contribution in [3.05, 3.63) is 28.5 Å². The van der Waals surface area contributed by atoms with E-state index in [-0.39, 0.29) is 0 Å². The van der Waals surface area contributed by atoms with Gasteiger partial charge in [-0.2, -0.15) is 4.37 Å². The largest absolute Gasteiger partial charge is 0.465 e. The second-order valence-electron chi connectivity index (χ2n) is 3.58. The number of benzene rings is 1. The molecular formula is C11H10ClN3O2S2. The Kier molecular flexibility index (Phi) is 4.28. The third-order valence-corrected chi connectivity index (χ3v) is 4.57. The molecule has 1 aromatic carbocycles. The zero-order valence-electron chi connectivity index (χ0n) is 10.1. The molecule has 19 heavy (non-hydrogen) atoms. The van der Waals surface area contributed by atoms with Gasteiger partial charge in [-0.15, -0.1) is 0 Å². The van der Waals surface area contributed by atoms with Crippen LogP contribution in [0.4, 0.5) is 5.69 Å². The number of esters is 1. The second kappa shape index (κ2) is 5.77. The summed E-state index contributed by atoms with van der Waals surface area (Å²) in [6.45, 7) is 1.80. The van der Waals surface area contributed by atoms with Gasteiger partial charge in [-0.1, -0.05) is 23.4 Å². The molecule has 2 rings (SSSR count). The summed E-state index contributed by atoms with van der Waals surface area (Å²) in [5.74, 6) is 0.191. The molecule has 2 aromatic rings. The molecule has 0 aliphatic carbocycles. The number of anilines is 1. The average molecular weight is 316 g/mol. The predicted octanol–water partition coefficient (Wildman–Crippen LogP) is 3.02. The highest BCUT2D eigenvalue weighted by atomic mass is 35.5. The van der Waals surface area contributed by atoms with Gasteiger partial charge < -0.3 is 10.5 Å². The number of carbonyl (C=O) groups excluding carboxylic acids is 1. The Hall–Kier alpha value is -1.31. The molecule has 2 N–H and O–H groups in total. The normalized spacial score (nSPS) is 10.5. The Labute approximate surface area is 123 Å². The van der Waals surface area contributed by atoms with E-state index in [4.69, 9.17) is 22.1 Å². The first kappa shape index (κ1) is 14.1. The lowest BCUT2D eigenvalue weighted by Crippen LogP contribution is -2.04. The number of rotatable bonds is 3. The molecular weight excluding hydrogens is 306 g/mol. The fraction of sp³-hybridized carbons (Fsp3) is 0.182. The van der Waals surface area contributed by atoms with Crippen molar-refractivity contribution in [3.8, 4) is 0 Å². The van der Waals surface area contributed by atoms with Crippen molar-refractivity contribution in [1.82, 2.24) is 9.36 Å². The van der Waals surface area contributed by atoms with E-state index in [2.05, 4.69) is 9.36 Å². The van der Waals surface area contributed by atoms with E-state index in [9.17, 15) is 4.79 Å². The molecule has 1 heterocycles. The van der Waals surface area contributed by atoms with E-state index >= 15 is 0 Å². The SMILES string of the molecule is COC(=O)c1cc(N)cc(Cl)c1Sc1nc(C)ns1. The number of carbonyl (C=O) groups is 1. The van der Waals surface area contributed by atoms with E-state index in [1.807, 2.05) is 0 Å². The van der Waals surface area contributed by atoms with Gasteiger partial charge in [0.05, 0.1) is 17.7 Å². The summed E-state index contributed by atoms with van der Waals surface area (Å²) in [7, 11) is 1.31. The first-order valence-corrected chi connectivity index (χ1v) is 7.13. The highest BCUT2D eigenvalue weighted by molar-refractivity contribution is 8.01. The van der Waals surface area contributed by atoms with Crippen LogP contribution in [0.3, 0.4) is 0 Å². The van der Waals surface area contributed by atoms with Crippen molar-refractivity contribution in [2.24, 2.45) is 0 Å². The maximum absolute atomic E-state index is 11.8. The Morgan fingerprint density at radius 3 is 2.84 bits per heavy atom. The highest BCUT2D eigenvalue weighted by Crippen LogP contribution is 2.38. The second-order valence-corrected chi connectivity index (χ2v) is 6.00. The van der Waals surface area contributed by atoms with Gasteiger partial charge in [0.15, 0.2) is 4.34 Å². The zero-order chi connectivity index (χ0) is 14.0. The van der Waals surface area contributed by atoms with Crippen molar-refractivity contribution in [2.75, 3.05) is 12.8 Å². The van der Waals surface area contributed by atoms with Crippen molar-refractivity contribution in [2.45, 2.75) is 16.2 Å². The quantitative estimate of drug-likeness (QED) is 0.693. The van der Waals surface area contributed by atoms with E-state index < -0.39 is 5.97 Å². The van der Waals surface area contributed by atoms with Crippen molar-refractivity contribution in [3.63, 3.8) is 0 Å². The summed E-state index contributed by atoms with van der Waals surface area (Å²) < 4.78 is 9.51. The van der Waals surface area contributed by atoms with Gasteiger partial charge in [-0.05, 0) is 30.6 Å². The van der Waals surface area contributed by atoms with E-state index in [1.165, 1.54) is 36.5 Å². The summed E-state index contributed by atoms with van der Waals surface area (Å²) in [5, 5.41) is 0.387. The van der Waals surface area contributed by atoms with Crippen LogP contribution in [-0.4, -0.2) is 22.4 Å². The molecule has 0 amide bonds. The van der Waals surface area contributed by atoms with Crippen LogP contribution in [0.15, 0.2) is 21.4 Å². The molecule has 8 heteroatoms. The lowest BCUT2D eigenvalue weighted by Gasteiger charge is -2.09. The molecule has 0 radical (unpaired) electrons. The van der Waals surface area contributed by atoms with Crippen LogP contribution < -0.4 is 5.73 Å². The van der Waals surface area contributed by atoms with Gasteiger partial charge in [0.2, 0.25) is 0 Å². The Balaban J connectivity index is 2.45. The van der Waals surface area contributed by atoms with Crippen LogP contribution in [0.5, 0.6) is 0 Å². The Morgan fingerprint density at radius 2 is 2.26 bits per heavy atom. The fourth-order valence-electron chi connectivity index (χ4n) is 1.39. The molecule has 0 saturated heterocycles. The number of aryl methyl sites for hydroxylation is 1. The van der Waals surface area contributed by atoms with Gasteiger partial charge >= 0.3 is 5.97 Å². The summed E-state index contributed by atoms with van der Waals surface area (Å²) in [4.78, 5) is 16.5. The standard InChI is InChI=1S/C11H10ClN3O2S2/c1-5-14-11(19-15-5)18-9-7(10(16)17-2)3-6(13)4-8(9)12/h3-4H,13H2,1-2H3. The fourth-order valence-corrected chi connectivity index (χ4v) is 3.43. The molecule has 0 bridgehead atoms. The minimum atomic E-state index is -0.488. The molecule has 0 spiro atoms. The van der Waals surface area contributed by atoms with E-state index in [1.54, 1.807) is 13.0 Å². The van der Waals surface area contributed by atoms with Crippen molar-refractivity contribution in [1.29, 1.82) is 0 Å². The maximum atomic E-state index is 11.8. The molecule has 0 unspecified atom stereocenters. The van der Waals surface area contributed by atoms with Crippen LogP contribution in [0.25, 0.3) is 0 Å². The lowest BCUT2D eigenvalue weighted by atomic mass is 10.2. The van der Waals surface area contributed by atoms with Gasteiger partial charge in [0.25, 0.3) is 0 Å². The minimum Gasteiger partial charge on any atom is -0.465 e. The highest BCUT2D eigenvalue weighted by Gasteiger charge is 2.18. The first-order valence-electron chi connectivity index (χ1n) is 5.16. The average Bonchev–Trinajstić information content (AvgIpc) is 2.77. The van der Waals surface area contributed by atoms with Gasteiger partial charge in [-0.25, -0.2) is 9.78 Å². The topological polar surface area (TPSA) is 78.1 Å². The minimum absolute atomic E-state index is 0.324. The summed E-state index contributed by atoms with van der Waals surface area (Å²) in [6.07, 6.45) is 0. The number of ether oxygens (including phenoxy) is 1. The van der Waals surface area contributed by atoms with Gasteiger partial charge in [0.1, 0.15) is 5.82 Å². The molecule has 0 atom stereocenters. The summed E-state index contributed by atoms with van der Waals surface area (Å²) in [5.41, 5.74) is 6.42. The molecule has 0 saturated carbocycles. The monoisotopic (exact) mass is 315 g/mol. The molecule has 0 fully saturated rings. The maximum Gasteiger partial charge on any atom is 0.339 e. The van der Waals surface area contributed by atoms with Crippen LogP contribution in [0, 0.1) is 6.92 Å². The molecule has 0 aliphatic rings. The number of nitrogen functional groups attached to an aromatic ring is 1. The van der Waals surface area contributed by atoms with Crippen molar-refractivity contribution < 1.29 is 9.53 Å². The molecule has 0 aliphatic heterocycles. The lowest BCUT2D eigenvalue weighted by molar-refractivity contribution is 0.0597. The number of aromatic nitrogens is 2. The third-order valence-electron chi connectivity index (χ3n) is 2.17. The van der Waals surface area contributed by atoms with Gasteiger partial charge in [0, 0.05) is 10.6 Å². The van der Waals surface area contributed by atoms with E-state index in [0.717, 1.165) is 0 Å². The number of hydrogen-bond donors (Lipinski definition) is 1. The van der Waals surface area contributed by atoms with Crippen LogP contribution in [0.2, 0.25) is 5.02 Å². The summed E-state index contributed by atoms with van der Waals surface area (Å²) in [6, 6.07) is 3.12. The molecule has 100 valence electrons. The zero-order valence-corrected chi connectivity index (χ0v) is 12.5. The van der Waals surface area contributed by atoms with Crippen LogP contribution >= 0.6 is 34.9 Å². The first-order chi connectivity index (χ1) is 9.01. The summed E-state index contributed by atoms with van der Waals surface area (Å²) >= 11 is 8.66. The number of nitrogens with two attached hydrogens (primary N) is 1. The third kappa shape index (κ3) is 3.17. The smallest absolute Gasteiger partial charge is 0.339 e. The number of halogens is 1. The van der Waals surface area contributed by atoms with E-state index in [0.29, 0.717) is 31.3 Å². The number of methoxy groups -OCH3 is 1. The van der Waals surface area contributed by atoms with Gasteiger partial charge in [-0.3, -0.25) is 0 Å². The predicted molar refractivity (Wildman–Crippen MR) is 76.0 cm³/mol. The number of hydrogen-bond acceptors (Lipinski definition) is 7. The van der Waals surface area contributed by atoms with Crippen LogP contribution in [-0.2, 0) is 4.74 Å². The number of nitrogens with zero attached hydrogens (tertiary/aromatic N) is 2. The molecule has 1 aromatic heterocycles. The Morgan fingerprint density at radius 1 is 1.53 bits per heavy atom. The molecule has 5 nitrogen and oxygen atoms in total. The van der Waals surface area contributed by atoms with Crippen molar-refractivity contribution >= 4 is 46.6 Å². The van der Waals surface area contributed by atoms with Crippen LogP contribution in [0.1, 0.15) is 16.2 Å².